The van der Waals surface area contributed by atoms with E-state index in [4.69, 9.17) is 0 Å². The average Bonchev–Trinajstić information content (AvgIpc) is 2.59. The highest BCUT2D eigenvalue weighted by Crippen LogP contribution is 2.36. The second kappa shape index (κ2) is 6.59. The quantitative estimate of drug-likeness (QED) is 0.929. The number of aryl methyl sites for hydroxylation is 1. The molecule has 0 unspecified atom stereocenters. The standard InChI is InChI=1S/C19H23FN4O/c1-13-21-17(14-10-15(25)11-14)12-19(22-13)24-8-6-23(7-9-24)18-5-3-2-4-16(18)20/h2-5,12,14-15,25H,6-11H2,1H3. The minimum atomic E-state index is -0.187. The molecule has 132 valence electrons. The van der Waals surface area contributed by atoms with E-state index in [1.165, 1.54) is 6.07 Å². The summed E-state index contributed by atoms with van der Waals surface area (Å²) in [7, 11) is 0. The van der Waals surface area contributed by atoms with Gasteiger partial charge in [0.2, 0.25) is 0 Å². The predicted molar refractivity (Wildman–Crippen MR) is 95.6 cm³/mol. The first-order valence-corrected chi connectivity index (χ1v) is 8.88. The molecule has 2 aromatic rings. The molecule has 1 aliphatic carbocycles. The zero-order chi connectivity index (χ0) is 17.4. The van der Waals surface area contributed by atoms with Crippen LogP contribution >= 0.6 is 0 Å². The lowest BCUT2D eigenvalue weighted by atomic mass is 9.80. The van der Waals surface area contributed by atoms with Gasteiger partial charge in [-0.2, -0.15) is 0 Å². The van der Waals surface area contributed by atoms with E-state index in [2.05, 4.69) is 25.8 Å². The Bertz CT molecular complexity index is 755. The lowest BCUT2D eigenvalue weighted by molar-refractivity contribution is 0.0731. The molecule has 2 aliphatic rings. The molecular weight excluding hydrogens is 319 g/mol. The zero-order valence-corrected chi connectivity index (χ0v) is 14.4. The Labute approximate surface area is 147 Å². The normalized spacial score (nSPS) is 23.5. The summed E-state index contributed by atoms with van der Waals surface area (Å²) in [6, 6.07) is 8.99. The molecule has 1 saturated heterocycles. The van der Waals surface area contributed by atoms with Gasteiger partial charge >= 0.3 is 0 Å². The third kappa shape index (κ3) is 3.31. The number of aromatic nitrogens is 2. The summed E-state index contributed by atoms with van der Waals surface area (Å²) in [5.41, 5.74) is 1.70. The van der Waals surface area contributed by atoms with Gasteiger partial charge in [-0.3, -0.25) is 0 Å². The highest BCUT2D eigenvalue weighted by atomic mass is 19.1. The van der Waals surface area contributed by atoms with Crippen LogP contribution < -0.4 is 9.80 Å². The van der Waals surface area contributed by atoms with Crippen molar-refractivity contribution in [1.82, 2.24) is 9.97 Å². The summed E-state index contributed by atoms with van der Waals surface area (Å²) < 4.78 is 14.0. The minimum Gasteiger partial charge on any atom is -0.393 e. The molecule has 25 heavy (non-hydrogen) atoms. The molecule has 0 spiro atoms. The smallest absolute Gasteiger partial charge is 0.146 e. The van der Waals surface area contributed by atoms with E-state index in [9.17, 15) is 9.50 Å². The van der Waals surface area contributed by atoms with Gasteiger partial charge in [0, 0.05) is 43.9 Å². The Hall–Kier alpha value is -2.21. The van der Waals surface area contributed by atoms with Crippen molar-refractivity contribution in [2.45, 2.75) is 31.8 Å². The molecule has 1 saturated carbocycles. The number of halogens is 1. The van der Waals surface area contributed by atoms with Gasteiger partial charge in [0.1, 0.15) is 17.5 Å². The summed E-state index contributed by atoms with van der Waals surface area (Å²) >= 11 is 0. The predicted octanol–water partition coefficient (Wildman–Crippen LogP) is 2.49. The number of aliphatic hydroxyl groups is 1. The van der Waals surface area contributed by atoms with Gasteiger partial charge in [-0.1, -0.05) is 12.1 Å². The Kier molecular flexibility index (Phi) is 4.29. The van der Waals surface area contributed by atoms with Gasteiger partial charge in [0.05, 0.1) is 11.8 Å². The van der Waals surface area contributed by atoms with Crippen LogP contribution in [0.3, 0.4) is 0 Å². The molecule has 1 aromatic carbocycles. The van der Waals surface area contributed by atoms with E-state index in [0.717, 1.165) is 56.4 Å². The number of para-hydroxylation sites is 1. The number of rotatable bonds is 3. The van der Waals surface area contributed by atoms with Crippen molar-refractivity contribution in [1.29, 1.82) is 0 Å². The van der Waals surface area contributed by atoms with Gasteiger partial charge in [0.15, 0.2) is 0 Å². The number of hydrogen-bond acceptors (Lipinski definition) is 5. The first-order valence-electron chi connectivity index (χ1n) is 8.88. The Balaban J connectivity index is 1.46. The molecule has 6 heteroatoms. The molecule has 0 bridgehead atoms. The van der Waals surface area contributed by atoms with Crippen LogP contribution in [-0.2, 0) is 0 Å². The van der Waals surface area contributed by atoms with Crippen molar-refractivity contribution in [2.24, 2.45) is 0 Å². The maximum Gasteiger partial charge on any atom is 0.146 e. The molecule has 0 amide bonds. The Morgan fingerprint density at radius 1 is 1.04 bits per heavy atom. The lowest BCUT2D eigenvalue weighted by Crippen LogP contribution is -2.47. The molecule has 5 nitrogen and oxygen atoms in total. The number of nitrogens with zero attached hydrogens (tertiary/aromatic N) is 4. The lowest BCUT2D eigenvalue weighted by Gasteiger charge is -2.37. The van der Waals surface area contributed by atoms with E-state index in [1.54, 1.807) is 6.07 Å². The third-order valence-electron chi connectivity index (χ3n) is 5.17. The zero-order valence-electron chi connectivity index (χ0n) is 14.4. The Morgan fingerprint density at radius 2 is 1.72 bits per heavy atom. The highest BCUT2D eigenvalue weighted by Gasteiger charge is 2.30. The number of aliphatic hydroxyl groups excluding tert-OH is 1. The first kappa shape index (κ1) is 16.3. The van der Waals surface area contributed by atoms with Gasteiger partial charge in [-0.05, 0) is 31.9 Å². The van der Waals surface area contributed by atoms with Crippen molar-refractivity contribution < 1.29 is 9.50 Å². The summed E-state index contributed by atoms with van der Waals surface area (Å²) in [5, 5.41) is 9.54. The maximum absolute atomic E-state index is 14.0. The van der Waals surface area contributed by atoms with E-state index in [-0.39, 0.29) is 11.9 Å². The molecule has 0 radical (unpaired) electrons. The fourth-order valence-electron chi connectivity index (χ4n) is 3.66. The molecule has 4 rings (SSSR count). The molecular formula is C19H23FN4O. The van der Waals surface area contributed by atoms with E-state index in [0.29, 0.717) is 11.6 Å². The topological polar surface area (TPSA) is 52.5 Å². The summed E-state index contributed by atoms with van der Waals surface area (Å²) in [4.78, 5) is 13.5. The van der Waals surface area contributed by atoms with Crippen LogP contribution in [0.5, 0.6) is 0 Å². The van der Waals surface area contributed by atoms with Crippen LogP contribution in [0.4, 0.5) is 15.9 Å². The maximum atomic E-state index is 14.0. The van der Waals surface area contributed by atoms with E-state index < -0.39 is 0 Å². The molecule has 1 aromatic heterocycles. The van der Waals surface area contributed by atoms with Crippen LogP contribution in [0.25, 0.3) is 0 Å². The van der Waals surface area contributed by atoms with Crippen molar-refractivity contribution in [3.63, 3.8) is 0 Å². The van der Waals surface area contributed by atoms with Crippen molar-refractivity contribution in [2.75, 3.05) is 36.0 Å². The van der Waals surface area contributed by atoms with E-state index >= 15 is 0 Å². The fourth-order valence-corrected chi connectivity index (χ4v) is 3.66. The highest BCUT2D eigenvalue weighted by molar-refractivity contribution is 5.50. The van der Waals surface area contributed by atoms with Crippen LogP contribution in [0.15, 0.2) is 30.3 Å². The largest absolute Gasteiger partial charge is 0.393 e. The van der Waals surface area contributed by atoms with Crippen LogP contribution in [0.1, 0.15) is 30.3 Å². The number of benzene rings is 1. The molecule has 1 N–H and O–H groups in total. The first-order chi connectivity index (χ1) is 12.1. The van der Waals surface area contributed by atoms with Crippen LogP contribution in [0, 0.1) is 12.7 Å². The van der Waals surface area contributed by atoms with Crippen LogP contribution in [0.2, 0.25) is 0 Å². The molecule has 2 heterocycles. The van der Waals surface area contributed by atoms with Gasteiger partial charge in [-0.25, -0.2) is 14.4 Å². The second-order valence-electron chi connectivity index (χ2n) is 6.95. The molecule has 1 aliphatic heterocycles. The van der Waals surface area contributed by atoms with E-state index in [1.807, 2.05) is 19.1 Å². The van der Waals surface area contributed by atoms with Crippen LogP contribution in [-0.4, -0.2) is 47.4 Å². The third-order valence-corrected chi connectivity index (χ3v) is 5.17. The van der Waals surface area contributed by atoms with Gasteiger partial charge in [0.25, 0.3) is 0 Å². The van der Waals surface area contributed by atoms with Crippen molar-refractivity contribution >= 4 is 11.5 Å². The molecule has 0 atom stereocenters. The number of anilines is 2. The summed E-state index contributed by atoms with van der Waals surface area (Å²) in [5.74, 6) is 1.89. The summed E-state index contributed by atoms with van der Waals surface area (Å²) in [6.45, 7) is 5.05. The second-order valence-corrected chi connectivity index (χ2v) is 6.95. The SMILES string of the molecule is Cc1nc(C2CC(O)C2)cc(N2CCN(c3ccccc3F)CC2)n1. The van der Waals surface area contributed by atoms with Crippen molar-refractivity contribution in [3.8, 4) is 0 Å². The monoisotopic (exact) mass is 342 g/mol. The van der Waals surface area contributed by atoms with Gasteiger partial charge < -0.3 is 14.9 Å². The van der Waals surface area contributed by atoms with Crippen molar-refractivity contribution in [3.05, 3.63) is 47.7 Å². The fraction of sp³-hybridized carbons (Fsp3) is 0.474. The number of hydrogen-bond donors (Lipinski definition) is 1. The minimum absolute atomic E-state index is 0.167. The molecule has 2 fully saturated rings. The Morgan fingerprint density at radius 3 is 2.40 bits per heavy atom. The average molecular weight is 342 g/mol. The van der Waals surface area contributed by atoms with Gasteiger partial charge in [-0.15, -0.1) is 0 Å². The number of piperazine rings is 1. The summed E-state index contributed by atoms with van der Waals surface area (Å²) in [6.07, 6.45) is 1.39.